The molecule has 7 heteroatoms. The Labute approximate surface area is 165 Å². The fourth-order valence-electron chi connectivity index (χ4n) is 3.78. The van der Waals surface area contributed by atoms with Crippen LogP contribution >= 0.6 is 0 Å². The number of anilines is 2. The van der Waals surface area contributed by atoms with Gasteiger partial charge in [0.15, 0.2) is 0 Å². The molecule has 1 amide bonds. The molecule has 0 spiro atoms. The molecule has 28 heavy (non-hydrogen) atoms. The lowest BCUT2D eigenvalue weighted by atomic mass is 10.2. The molecule has 2 aliphatic rings. The number of nitrogens with zero attached hydrogens (tertiary/aromatic N) is 4. The van der Waals surface area contributed by atoms with Crippen LogP contribution in [0.25, 0.3) is 0 Å². The molecule has 2 saturated heterocycles. The SMILES string of the molecule is O=C(c1cnc(Nc2ccccc2)nc1)N1CCCO[C@H](CN2CCCC2)C1. The standard InChI is InChI=1S/C21H27N5O2/c27-20(17-13-22-21(23-14-17)24-18-7-2-1-3-8-18)26-11-6-12-28-19(16-26)15-25-9-4-5-10-25/h1-3,7-8,13-14,19H,4-6,9-12,15-16H2,(H,22,23,24)/t19-/m1/s1. The Kier molecular flexibility index (Phi) is 6.14. The zero-order chi connectivity index (χ0) is 19.2. The van der Waals surface area contributed by atoms with Gasteiger partial charge in [0.1, 0.15) is 0 Å². The molecular formula is C21H27N5O2. The number of carbonyl (C=O) groups is 1. The number of aromatic nitrogens is 2. The zero-order valence-corrected chi connectivity index (χ0v) is 16.1. The van der Waals surface area contributed by atoms with Gasteiger partial charge in [0.25, 0.3) is 5.91 Å². The van der Waals surface area contributed by atoms with Gasteiger partial charge in [-0.15, -0.1) is 0 Å². The maximum atomic E-state index is 13.0. The summed E-state index contributed by atoms with van der Waals surface area (Å²) in [5.74, 6) is 0.456. The Hall–Kier alpha value is -2.51. The molecule has 1 N–H and O–H groups in total. The number of likely N-dealkylation sites (tertiary alicyclic amines) is 1. The van der Waals surface area contributed by atoms with Gasteiger partial charge in [-0.25, -0.2) is 9.97 Å². The van der Waals surface area contributed by atoms with E-state index in [4.69, 9.17) is 4.74 Å². The van der Waals surface area contributed by atoms with E-state index in [9.17, 15) is 4.79 Å². The molecule has 7 nitrogen and oxygen atoms in total. The van der Waals surface area contributed by atoms with Crippen LogP contribution in [0, 0.1) is 0 Å². The van der Waals surface area contributed by atoms with Crippen molar-refractivity contribution < 1.29 is 9.53 Å². The van der Waals surface area contributed by atoms with Crippen molar-refractivity contribution in [3.8, 4) is 0 Å². The number of para-hydroxylation sites is 1. The molecule has 2 fully saturated rings. The number of hydrogen-bond acceptors (Lipinski definition) is 6. The van der Waals surface area contributed by atoms with Crippen LogP contribution in [0.3, 0.4) is 0 Å². The first-order valence-electron chi connectivity index (χ1n) is 10.1. The van der Waals surface area contributed by atoms with E-state index in [2.05, 4.69) is 20.2 Å². The lowest BCUT2D eigenvalue weighted by Crippen LogP contribution is -2.41. The molecule has 0 aliphatic carbocycles. The molecule has 3 heterocycles. The molecule has 148 valence electrons. The van der Waals surface area contributed by atoms with E-state index in [1.54, 1.807) is 12.4 Å². The van der Waals surface area contributed by atoms with E-state index in [1.807, 2.05) is 35.2 Å². The van der Waals surface area contributed by atoms with Crippen LogP contribution in [-0.4, -0.2) is 71.1 Å². The minimum Gasteiger partial charge on any atom is -0.375 e. The Morgan fingerprint density at radius 1 is 1.07 bits per heavy atom. The highest BCUT2D eigenvalue weighted by atomic mass is 16.5. The molecule has 1 aromatic carbocycles. The second-order valence-corrected chi connectivity index (χ2v) is 7.39. The molecule has 2 aliphatic heterocycles. The van der Waals surface area contributed by atoms with E-state index in [1.165, 1.54) is 12.8 Å². The van der Waals surface area contributed by atoms with Gasteiger partial charge in [0, 0.05) is 44.3 Å². The van der Waals surface area contributed by atoms with Crippen molar-refractivity contribution in [3.05, 3.63) is 48.3 Å². The minimum absolute atomic E-state index is 0.0248. The van der Waals surface area contributed by atoms with Crippen molar-refractivity contribution in [2.75, 3.05) is 44.6 Å². The monoisotopic (exact) mass is 381 g/mol. The number of carbonyl (C=O) groups excluding carboxylic acids is 1. The fourth-order valence-corrected chi connectivity index (χ4v) is 3.78. The molecule has 1 atom stereocenters. The number of benzene rings is 1. The number of ether oxygens (including phenoxy) is 1. The highest BCUT2D eigenvalue weighted by Crippen LogP contribution is 2.16. The lowest BCUT2D eigenvalue weighted by molar-refractivity contribution is 0.0297. The lowest BCUT2D eigenvalue weighted by Gasteiger charge is -2.27. The van der Waals surface area contributed by atoms with E-state index in [0.717, 1.165) is 31.7 Å². The number of nitrogens with one attached hydrogen (secondary N) is 1. The maximum absolute atomic E-state index is 13.0. The average Bonchev–Trinajstić information content (AvgIpc) is 3.13. The van der Waals surface area contributed by atoms with E-state index in [0.29, 0.717) is 31.2 Å². The Morgan fingerprint density at radius 2 is 1.82 bits per heavy atom. The first-order valence-corrected chi connectivity index (χ1v) is 10.1. The van der Waals surface area contributed by atoms with Gasteiger partial charge >= 0.3 is 0 Å². The Bertz CT molecular complexity index is 762. The van der Waals surface area contributed by atoms with Gasteiger partial charge in [0.2, 0.25) is 5.95 Å². The molecular weight excluding hydrogens is 354 g/mol. The van der Waals surface area contributed by atoms with Crippen LogP contribution in [0.4, 0.5) is 11.6 Å². The summed E-state index contributed by atoms with van der Waals surface area (Å²) in [6.45, 7) is 5.21. The van der Waals surface area contributed by atoms with Gasteiger partial charge in [-0.2, -0.15) is 0 Å². The summed E-state index contributed by atoms with van der Waals surface area (Å²) in [5.41, 5.74) is 1.43. The third-order valence-electron chi connectivity index (χ3n) is 5.23. The van der Waals surface area contributed by atoms with Crippen LogP contribution in [0.1, 0.15) is 29.6 Å². The summed E-state index contributed by atoms with van der Waals surface area (Å²) >= 11 is 0. The van der Waals surface area contributed by atoms with Crippen LogP contribution in [-0.2, 0) is 4.74 Å². The summed E-state index contributed by atoms with van der Waals surface area (Å²) in [4.78, 5) is 25.9. The number of rotatable bonds is 5. The minimum atomic E-state index is -0.0248. The summed E-state index contributed by atoms with van der Waals surface area (Å²) in [6, 6.07) is 9.73. The predicted molar refractivity (Wildman–Crippen MR) is 108 cm³/mol. The van der Waals surface area contributed by atoms with Crippen molar-refractivity contribution in [1.82, 2.24) is 19.8 Å². The fraction of sp³-hybridized carbons (Fsp3) is 0.476. The van der Waals surface area contributed by atoms with Gasteiger partial charge in [-0.3, -0.25) is 4.79 Å². The number of hydrogen-bond donors (Lipinski definition) is 1. The topological polar surface area (TPSA) is 70.6 Å². The van der Waals surface area contributed by atoms with Crippen LogP contribution in [0.5, 0.6) is 0 Å². The molecule has 4 rings (SSSR count). The molecule has 1 aromatic heterocycles. The van der Waals surface area contributed by atoms with E-state index < -0.39 is 0 Å². The molecule has 0 unspecified atom stereocenters. The van der Waals surface area contributed by atoms with Crippen molar-refractivity contribution in [1.29, 1.82) is 0 Å². The third-order valence-corrected chi connectivity index (χ3v) is 5.23. The zero-order valence-electron chi connectivity index (χ0n) is 16.1. The smallest absolute Gasteiger partial charge is 0.257 e. The Balaban J connectivity index is 1.38. The second kappa shape index (κ2) is 9.12. The van der Waals surface area contributed by atoms with E-state index in [-0.39, 0.29) is 12.0 Å². The molecule has 0 bridgehead atoms. The number of amides is 1. The normalized spacial score (nSPS) is 20.7. The second-order valence-electron chi connectivity index (χ2n) is 7.39. The predicted octanol–water partition coefficient (Wildman–Crippen LogP) is 2.55. The largest absolute Gasteiger partial charge is 0.375 e. The summed E-state index contributed by atoms with van der Waals surface area (Å²) in [5, 5.41) is 3.13. The quantitative estimate of drug-likeness (QED) is 0.858. The summed E-state index contributed by atoms with van der Waals surface area (Å²) < 4.78 is 5.99. The van der Waals surface area contributed by atoms with Crippen LogP contribution in [0.2, 0.25) is 0 Å². The van der Waals surface area contributed by atoms with Gasteiger partial charge < -0.3 is 19.9 Å². The maximum Gasteiger partial charge on any atom is 0.257 e. The third kappa shape index (κ3) is 4.85. The van der Waals surface area contributed by atoms with Crippen molar-refractivity contribution in [2.24, 2.45) is 0 Å². The Morgan fingerprint density at radius 3 is 2.57 bits per heavy atom. The van der Waals surface area contributed by atoms with Gasteiger partial charge in [-0.1, -0.05) is 18.2 Å². The molecule has 0 radical (unpaired) electrons. The van der Waals surface area contributed by atoms with Gasteiger partial charge in [0.05, 0.1) is 11.7 Å². The van der Waals surface area contributed by atoms with Crippen molar-refractivity contribution in [3.63, 3.8) is 0 Å². The van der Waals surface area contributed by atoms with Crippen LogP contribution < -0.4 is 5.32 Å². The van der Waals surface area contributed by atoms with Crippen LogP contribution in [0.15, 0.2) is 42.7 Å². The summed E-state index contributed by atoms with van der Waals surface area (Å²) in [6.07, 6.45) is 6.65. The average molecular weight is 381 g/mol. The highest BCUT2D eigenvalue weighted by Gasteiger charge is 2.26. The van der Waals surface area contributed by atoms with Crippen molar-refractivity contribution >= 4 is 17.5 Å². The highest BCUT2D eigenvalue weighted by molar-refractivity contribution is 5.93. The summed E-state index contributed by atoms with van der Waals surface area (Å²) in [7, 11) is 0. The van der Waals surface area contributed by atoms with Gasteiger partial charge in [-0.05, 0) is 44.5 Å². The molecule has 0 saturated carbocycles. The molecule has 2 aromatic rings. The first kappa shape index (κ1) is 18.8. The van der Waals surface area contributed by atoms with E-state index >= 15 is 0 Å². The van der Waals surface area contributed by atoms with Crippen molar-refractivity contribution in [2.45, 2.75) is 25.4 Å². The first-order chi connectivity index (χ1) is 13.8.